The highest BCUT2D eigenvalue weighted by Crippen LogP contribution is 2.17. The summed E-state index contributed by atoms with van der Waals surface area (Å²) in [5.41, 5.74) is 0. The number of aliphatic hydroxyl groups is 1. The second-order valence-electron chi connectivity index (χ2n) is 4.01. The molecule has 14 heavy (non-hydrogen) atoms. The standard InChI is InChI=1S/C11H17NO2/c13-9-10-3-1-5-12(7-10)8-11-4-2-6-14-11/h2,4,6,10,13H,1,3,5,7-9H2/t10-/m1/s1. The first-order valence-electron chi connectivity index (χ1n) is 5.24. The molecule has 0 unspecified atom stereocenters. The van der Waals surface area contributed by atoms with Crippen LogP contribution in [0.1, 0.15) is 18.6 Å². The zero-order valence-corrected chi connectivity index (χ0v) is 8.35. The first kappa shape index (κ1) is 9.74. The van der Waals surface area contributed by atoms with Gasteiger partial charge in [-0.25, -0.2) is 0 Å². The zero-order valence-electron chi connectivity index (χ0n) is 8.35. The largest absolute Gasteiger partial charge is 0.468 e. The number of nitrogens with zero attached hydrogens (tertiary/aromatic N) is 1. The van der Waals surface area contributed by atoms with Gasteiger partial charge in [0.25, 0.3) is 0 Å². The zero-order chi connectivity index (χ0) is 9.80. The normalized spacial score (nSPS) is 23.9. The van der Waals surface area contributed by atoms with E-state index in [1.807, 2.05) is 12.1 Å². The van der Waals surface area contributed by atoms with Gasteiger partial charge >= 0.3 is 0 Å². The Morgan fingerprint density at radius 1 is 1.57 bits per heavy atom. The van der Waals surface area contributed by atoms with Crippen molar-refractivity contribution >= 4 is 0 Å². The van der Waals surface area contributed by atoms with Crippen molar-refractivity contribution in [3.05, 3.63) is 24.2 Å². The molecule has 1 aromatic rings. The van der Waals surface area contributed by atoms with Crippen LogP contribution >= 0.6 is 0 Å². The van der Waals surface area contributed by atoms with Gasteiger partial charge in [-0.3, -0.25) is 4.90 Å². The second kappa shape index (κ2) is 4.62. The Morgan fingerprint density at radius 3 is 3.21 bits per heavy atom. The van der Waals surface area contributed by atoms with E-state index >= 15 is 0 Å². The number of hydrogen-bond acceptors (Lipinski definition) is 3. The molecule has 2 rings (SSSR count). The molecule has 0 bridgehead atoms. The predicted octanol–water partition coefficient (Wildman–Crippen LogP) is 1.48. The smallest absolute Gasteiger partial charge is 0.117 e. The minimum Gasteiger partial charge on any atom is -0.468 e. The lowest BCUT2D eigenvalue weighted by atomic mass is 9.99. The van der Waals surface area contributed by atoms with Gasteiger partial charge < -0.3 is 9.52 Å². The molecule has 0 aliphatic carbocycles. The molecule has 1 aliphatic heterocycles. The van der Waals surface area contributed by atoms with Crippen LogP contribution in [0.2, 0.25) is 0 Å². The fraction of sp³-hybridized carbons (Fsp3) is 0.636. The van der Waals surface area contributed by atoms with Crippen molar-refractivity contribution in [2.24, 2.45) is 5.92 Å². The minimum absolute atomic E-state index is 0.314. The van der Waals surface area contributed by atoms with Gasteiger partial charge in [0.05, 0.1) is 12.8 Å². The quantitative estimate of drug-likeness (QED) is 0.793. The Hall–Kier alpha value is -0.800. The van der Waals surface area contributed by atoms with E-state index in [1.165, 1.54) is 6.42 Å². The molecule has 0 amide bonds. The van der Waals surface area contributed by atoms with Crippen molar-refractivity contribution in [2.75, 3.05) is 19.7 Å². The maximum atomic E-state index is 9.08. The molecule has 1 saturated heterocycles. The van der Waals surface area contributed by atoms with E-state index in [9.17, 15) is 0 Å². The van der Waals surface area contributed by atoms with E-state index in [1.54, 1.807) is 6.26 Å². The van der Waals surface area contributed by atoms with Crippen molar-refractivity contribution < 1.29 is 9.52 Å². The van der Waals surface area contributed by atoms with Crippen LogP contribution in [0.5, 0.6) is 0 Å². The van der Waals surface area contributed by atoms with Crippen LogP contribution in [0, 0.1) is 5.92 Å². The van der Waals surface area contributed by atoms with Crippen LogP contribution in [-0.4, -0.2) is 29.7 Å². The highest BCUT2D eigenvalue weighted by Gasteiger charge is 2.19. The Bertz CT molecular complexity index is 258. The van der Waals surface area contributed by atoms with Crippen LogP contribution in [0.4, 0.5) is 0 Å². The Balaban J connectivity index is 1.86. The average Bonchev–Trinajstić information content (AvgIpc) is 2.71. The summed E-state index contributed by atoms with van der Waals surface area (Å²) in [7, 11) is 0. The van der Waals surface area contributed by atoms with Crippen molar-refractivity contribution in [1.82, 2.24) is 4.90 Å². The molecule has 78 valence electrons. The molecule has 0 radical (unpaired) electrons. The van der Waals surface area contributed by atoms with Crippen LogP contribution < -0.4 is 0 Å². The summed E-state index contributed by atoms with van der Waals surface area (Å²) in [6, 6.07) is 3.92. The van der Waals surface area contributed by atoms with Crippen molar-refractivity contribution in [2.45, 2.75) is 19.4 Å². The predicted molar refractivity (Wildman–Crippen MR) is 53.8 cm³/mol. The molecule has 2 heterocycles. The summed E-state index contributed by atoms with van der Waals surface area (Å²) >= 11 is 0. The van der Waals surface area contributed by atoms with Gasteiger partial charge in [-0.05, 0) is 37.4 Å². The third kappa shape index (κ3) is 2.36. The minimum atomic E-state index is 0.314. The fourth-order valence-electron chi connectivity index (χ4n) is 2.07. The summed E-state index contributed by atoms with van der Waals surface area (Å²) in [5.74, 6) is 1.47. The van der Waals surface area contributed by atoms with Crippen molar-refractivity contribution in [3.8, 4) is 0 Å². The topological polar surface area (TPSA) is 36.6 Å². The number of rotatable bonds is 3. The Morgan fingerprint density at radius 2 is 2.50 bits per heavy atom. The first-order valence-corrected chi connectivity index (χ1v) is 5.24. The third-order valence-electron chi connectivity index (χ3n) is 2.82. The lowest BCUT2D eigenvalue weighted by Gasteiger charge is -2.30. The number of likely N-dealkylation sites (tertiary alicyclic amines) is 1. The highest BCUT2D eigenvalue weighted by molar-refractivity contribution is 4.98. The summed E-state index contributed by atoms with van der Waals surface area (Å²) in [6.45, 7) is 3.31. The first-order chi connectivity index (χ1) is 6.88. The number of furan rings is 1. The van der Waals surface area contributed by atoms with E-state index in [4.69, 9.17) is 9.52 Å². The monoisotopic (exact) mass is 195 g/mol. The molecule has 0 aromatic carbocycles. The Kier molecular flexibility index (Phi) is 3.22. The second-order valence-corrected chi connectivity index (χ2v) is 4.01. The van der Waals surface area contributed by atoms with Gasteiger partial charge in [0.15, 0.2) is 0 Å². The van der Waals surface area contributed by atoms with E-state index in [0.29, 0.717) is 12.5 Å². The van der Waals surface area contributed by atoms with Gasteiger partial charge in [-0.15, -0.1) is 0 Å². The molecule has 1 N–H and O–H groups in total. The molecule has 1 aliphatic rings. The van der Waals surface area contributed by atoms with Gasteiger partial charge in [0.1, 0.15) is 5.76 Å². The maximum absolute atomic E-state index is 9.08. The van der Waals surface area contributed by atoms with Crippen molar-refractivity contribution in [1.29, 1.82) is 0 Å². The lowest BCUT2D eigenvalue weighted by Crippen LogP contribution is -2.36. The summed E-state index contributed by atoms with van der Waals surface area (Å²) in [6.07, 6.45) is 4.06. The molecular formula is C11H17NO2. The summed E-state index contributed by atoms with van der Waals surface area (Å²) in [5, 5.41) is 9.08. The maximum Gasteiger partial charge on any atom is 0.117 e. The van der Waals surface area contributed by atoms with Gasteiger partial charge in [0, 0.05) is 13.2 Å². The van der Waals surface area contributed by atoms with Crippen LogP contribution in [-0.2, 0) is 6.54 Å². The van der Waals surface area contributed by atoms with E-state index < -0.39 is 0 Å². The molecule has 3 heteroatoms. The molecule has 0 spiro atoms. The third-order valence-corrected chi connectivity index (χ3v) is 2.82. The molecule has 0 saturated carbocycles. The molecule has 1 aromatic heterocycles. The van der Waals surface area contributed by atoms with Crippen LogP contribution in [0.15, 0.2) is 22.8 Å². The van der Waals surface area contributed by atoms with Crippen molar-refractivity contribution in [3.63, 3.8) is 0 Å². The fourth-order valence-corrected chi connectivity index (χ4v) is 2.07. The summed E-state index contributed by atoms with van der Waals surface area (Å²) in [4.78, 5) is 2.35. The highest BCUT2D eigenvalue weighted by atomic mass is 16.3. The number of hydrogen-bond donors (Lipinski definition) is 1. The van der Waals surface area contributed by atoms with Crippen LogP contribution in [0.3, 0.4) is 0 Å². The van der Waals surface area contributed by atoms with Gasteiger partial charge in [0.2, 0.25) is 0 Å². The van der Waals surface area contributed by atoms with Gasteiger partial charge in [-0.1, -0.05) is 0 Å². The average molecular weight is 195 g/mol. The molecule has 3 nitrogen and oxygen atoms in total. The molecule has 1 fully saturated rings. The molecule has 1 atom stereocenters. The summed E-state index contributed by atoms with van der Waals surface area (Å²) < 4.78 is 5.30. The lowest BCUT2D eigenvalue weighted by molar-refractivity contribution is 0.110. The number of aliphatic hydroxyl groups excluding tert-OH is 1. The van der Waals surface area contributed by atoms with E-state index in [2.05, 4.69) is 4.90 Å². The van der Waals surface area contributed by atoms with E-state index in [0.717, 1.165) is 31.8 Å². The number of piperidine rings is 1. The van der Waals surface area contributed by atoms with Gasteiger partial charge in [-0.2, -0.15) is 0 Å². The van der Waals surface area contributed by atoms with E-state index in [-0.39, 0.29) is 0 Å². The molecular weight excluding hydrogens is 178 g/mol. The van der Waals surface area contributed by atoms with Crippen LogP contribution in [0.25, 0.3) is 0 Å². The SMILES string of the molecule is OC[C@@H]1CCCN(Cc2ccco2)C1. The Labute approximate surface area is 84.3 Å².